The molecule has 19 heavy (non-hydrogen) atoms. The molecule has 0 amide bonds. The molecule has 0 fully saturated rings. The molecule has 0 spiro atoms. The molecule has 0 aromatic heterocycles. The van der Waals surface area contributed by atoms with Crippen LogP contribution in [0.2, 0.25) is 5.02 Å². The van der Waals surface area contributed by atoms with Gasteiger partial charge in [0.2, 0.25) is 10.0 Å². The first-order valence-corrected chi connectivity index (χ1v) is 8.05. The summed E-state index contributed by atoms with van der Waals surface area (Å²) in [5.74, 6) is 0. The molecule has 0 radical (unpaired) electrons. The quantitative estimate of drug-likeness (QED) is 0.812. The van der Waals surface area contributed by atoms with Gasteiger partial charge in [0.15, 0.2) is 0 Å². The van der Waals surface area contributed by atoms with Crippen molar-refractivity contribution in [2.24, 2.45) is 5.73 Å². The molecule has 0 aliphatic heterocycles. The Bertz CT molecular complexity index is 512. The summed E-state index contributed by atoms with van der Waals surface area (Å²) in [5, 5.41) is 1.76. The number of nitrogens with two attached hydrogens (primary N) is 1. The lowest BCUT2D eigenvalue weighted by molar-refractivity contribution is 0.533. The lowest BCUT2D eigenvalue weighted by Gasteiger charge is -2.13. The number of rotatable bonds is 7. The summed E-state index contributed by atoms with van der Waals surface area (Å²) in [5.41, 5.74) is 6.30. The fraction of sp³-hybridized carbons (Fsp3) is 0.385. The van der Waals surface area contributed by atoms with Gasteiger partial charge in [-0.1, -0.05) is 37.1 Å². The van der Waals surface area contributed by atoms with Crippen molar-refractivity contribution < 1.29 is 8.42 Å². The van der Waals surface area contributed by atoms with Crippen LogP contribution >= 0.6 is 11.6 Å². The summed E-state index contributed by atoms with van der Waals surface area (Å²) in [6.07, 6.45) is 3.13. The summed E-state index contributed by atoms with van der Waals surface area (Å²) in [4.78, 5) is 0. The number of hydrogen-bond acceptors (Lipinski definition) is 3. The zero-order chi connectivity index (χ0) is 14.3. The number of nitrogens with one attached hydrogen (secondary N) is 1. The molecule has 0 bridgehead atoms. The summed E-state index contributed by atoms with van der Waals surface area (Å²) in [6, 6.07) is 6.70. The maximum atomic E-state index is 11.8. The van der Waals surface area contributed by atoms with Crippen LogP contribution in [0, 0.1) is 0 Å². The zero-order valence-corrected chi connectivity index (χ0v) is 12.4. The van der Waals surface area contributed by atoms with Gasteiger partial charge in [0.05, 0.1) is 0 Å². The third-order valence-electron chi connectivity index (χ3n) is 2.56. The average Bonchev–Trinajstić information content (AvgIpc) is 2.37. The predicted octanol–water partition coefficient (Wildman–Crippen LogP) is 2.36. The molecule has 3 N–H and O–H groups in total. The van der Waals surface area contributed by atoms with E-state index in [1.165, 1.54) is 6.08 Å². The van der Waals surface area contributed by atoms with Crippen LogP contribution in [0.1, 0.15) is 25.3 Å². The molecule has 6 heteroatoms. The molecule has 1 aromatic carbocycles. The van der Waals surface area contributed by atoms with Crippen molar-refractivity contribution in [3.05, 3.63) is 40.3 Å². The minimum absolute atomic E-state index is 0.218. The van der Waals surface area contributed by atoms with Crippen molar-refractivity contribution in [1.82, 2.24) is 4.72 Å². The lowest BCUT2D eigenvalue weighted by Crippen LogP contribution is -2.38. The van der Waals surface area contributed by atoms with Gasteiger partial charge in [0.25, 0.3) is 0 Å². The molecule has 106 valence electrons. The van der Waals surface area contributed by atoms with Gasteiger partial charge in [-0.3, -0.25) is 0 Å². The Hall–Kier alpha value is -0.880. The van der Waals surface area contributed by atoms with E-state index in [-0.39, 0.29) is 6.04 Å². The van der Waals surface area contributed by atoms with Gasteiger partial charge in [0, 0.05) is 23.0 Å². The second kappa shape index (κ2) is 7.65. The highest BCUT2D eigenvalue weighted by molar-refractivity contribution is 7.92. The van der Waals surface area contributed by atoms with Crippen LogP contribution in [-0.4, -0.2) is 21.0 Å². The van der Waals surface area contributed by atoms with Gasteiger partial charge in [-0.15, -0.1) is 0 Å². The topological polar surface area (TPSA) is 72.2 Å². The van der Waals surface area contributed by atoms with Gasteiger partial charge in [0.1, 0.15) is 0 Å². The molecule has 0 saturated heterocycles. The Morgan fingerprint density at radius 1 is 1.37 bits per heavy atom. The molecular formula is C13H19ClN2O2S. The van der Waals surface area contributed by atoms with E-state index in [4.69, 9.17) is 17.3 Å². The van der Waals surface area contributed by atoms with Crippen molar-refractivity contribution in [3.63, 3.8) is 0 Å². The standard InChI is InChI=1S/C13H19ClN2O2S/c1-2-3-13(10-15)16-19(17,18)9-8-11-4-6-12(14)7-5-11/h4-9,13,16H,2-3,10,15H2,1H3. The number of benzene rings is 1. The van der Waals surface area contributed by atoms with Crippen LogP contribution in [0.25, 0.3) is 6.08 Å². The normalized spacial score (nSPS) is 13.8. The molecule has 4 nitrogen and oxygen atoms in total. The van der Waals surface area contributed by atoms with Crippen molar-refractivity contribution in [1.29, 1.82) is 0 Å². The van der Waals surface area contributed by atoms with Crippen LogP contribution in [0.5, 0.6) is 0 Å². The van der Waals surface area contributed by atoms with Crippen LogP contribution in [0.4, 0.5) is 0 Å². The van der Waals surface area contributed by atoms with E-state index in [0.717, 1.165) is 23.8 Å². The number of halogens is 1. The first-order chi connectivity index (χ1) is 8.96. The van der Waals surface area contributed by atoms with Gasteiger partial charge in [-0.25, -0.2) is 13.1 Å². The second-order valence-electron chi connectivity index (χ2n) is 4.24. The maximum absolute atomic E-state index is 11.8. The first-order valence-electron chi connectivity index (χ1n) is 6.13. The summed E-state index contributed by atoms with van der Waals surface area (Å²) < 4.78 is 26.2. The molecule has 1 atom stereocenters. The van der Waals surface area contributed by atoms with E-state index in [0.29, 0.717) is 11.6 Å². The number of sulfonamides is 1. The SMILES string of the molecule is CCCC(CN)NS(=O)(=O)C=Cc1ccc(Cl)cc1. The van der Waals surface area contributed by atoms with Crippen LogP contribution in [0.15, 0.2) is 29.7 Å². The lowest BCUT2D eigenvalue weighted by atomic mass is 10.2. The highest BCUT2D eigenvalue weighted by atomic mass is 35.5. The van der Waals surface area contributed by atoms with E-state index in [9.17, 15) is 8.42 Å². The Morgan fingerprint density at radius 2 is 2.00 bits per heavy atom. The van der Waals surface area contributed by atoms with E-state index >= 15 is 0 Å². The molecule has 0 aliphatic rings. The summed E-state index contributed by atoms with van der Waals surface area (Å²) in [7, 11) is -3.47. The largest absolute Gasteiger partial charge is 0.329 e. The fourth-order valence-corrected chi connectivity index (χ4v) is 2.81. The first kappa shape index (κ1) is 16.2. The third kappa shape index (κ3) is 6.20. The van der Waals surface area contributed by atoms with Gasteiger partial charge >= 0.3 is 0 Å². The molecule has 0 saturated carbocycles. The Labute approximate surface area is 119 Å². The van der Waals surface area contributed by atoms with E-state index in [2.05, 4.69) is 4.72 Å². The minimum atomic E-state index is -3.47. The van der Waals surface area contributed by atoms with Crippen molar-refractivity contribution in [2.75, 3.05) is 6.54 Å². The van der Waals surface area contributed by atoms with Gasteiger partial charge in [-0.2, -0.15) is 0 Å². The van der Waals surface area contributed by atoms with Crippen molar-refractivity contribution >= 4 is 27.7 Å². The monoisotopic (exact) mass is 302 g/mol. The molecule has 1 rings (SSSR count). The average molecular weight is 303 g/mol. The highest BCUT2D eigenvalue weighted by Crippen LogP contribution is 2.11. The Morgan fingerprint density at radius 3 is 2.53 bits per heavy atom. The number of hydrogen-bond donors (Lipinski definition) is 2. The van der Waals surface area contributed by atoms with Crippen LogP contribution < -0.4 is 10.5 Å². The Kier molecular flexibility index (Phi) is 6.51. The molecule has 1 unspecified atom stereocenters. The predicted molar refractivity (Wildman–Crippen MR) is 80.3 cm³/mol. The highest BCUT2D eigenvalue weighted by Gasteiger charge is 2.12. The Balaban J connectivity index is 2.70. The van der Waals surface area contributed by atoms with E-state index < -0.39 is 10.0 Å². The van der Waals surface area contributed by atoms with E-state index in [1.54, 1.807) is 24.3 Å². The van der Waals surface area contributed by atoms with Gasteiger partial charge in [-0.05, 0) is 30.2 Å². The zero-order valence-electron chi connectivity index (χ0n) is 10.8. The van der Waals surface area contributed by atoms with E-state index in [1.807, 2.05) is 6.92 Å². The summed E-state index contributed by atoms with van der Waals surface area (Å²) >= 11 is 5.76. The second-order valence-corrected chi connectivity index (χ2v) is 6.27. The summed E-state index contributed by atoms with van der Waals surface area (Å²) in [6.45, 7) is 2.28. The fourth-order valence-electron chi connectivity index (χ4n) is 1.59. The van der Waals surface area contributed by atoms with Crippen LogP contribution in [0.3, 0.4) is 0 Å². The maximum Gasteiger partial charge on any atom is 0.234 e. The van der Waals surface area contributed by atoms with Gasteiger partial charge < -0.3 is 5.73 Å². The van der Waals surface area contributed by atoms with Crippen molar-refractivity contribution in [2.45, 2.75) is 25.8 Å². The van der Waals surface area contributed by atoms with Crippen molar-refractivity contribution in [3.8, 4) is 0 Å². The molecular weight excluding hydrogens is 284 g/mol. The van der Waals surface area contributed by atoms with Crippen LogP contribution in [-0.2, 0) is 10.0 Å². The smallest absolute Gasteiger partial charge is 0.234 e. The minimum Gasteiger partial charge on any atom is -0.329 e. The molecule has 1 aromatic rings. The third-order valence-corrected chi connectivity index (χ3v) is 3.97. The molecule has 0 aliphatic carbocycles. The molecule has 0 heterocycles.